The first-order chi connectivity index (χ1) is 9.40. The molecule has 106 valence electrons. The van der Waals surface area contributed by atoms with Gasteiger partial charge in [0.25, 0.3) is 0 Å². The molecule has 0 amide bonds. The molecule has 0 atom stereocenters. The highest BCUT2D eigenvalue weighted by Crippen LogP contribution is 2.75. The zero-order valence-corrected chi connectivity index (χ0v) is 11.0. The third-order valence-electron chi connectivity index (χ3n) is 4.53. The molecular weight excluding hydrogens is 266 g/mol. The highest BCUT2D eigenvalue weighted by Gasteiger charge is 2.72. The van der Waals surface area contributed by atoms with Crippen molar-refractivity contribution in [2.24, 2.45) is 10.8 Å². The van der Waals surface area contributed by atoms with Crippen molar-refractivity contribution in [1.82, 2.24) is 0 Å². The molecule has 5 heteroatoms. The van der Waals surface area contributed by atoms with Gasteiger partial charge < -0.3 is 4.74 Å². The molecule has 3 saturated carbocycles. The maximum absolute atomic E-state index is 13.5. The normalized spacial score (nSPS) is 30.1. The maximum Gasteiger partial charge on any atom is 0.311 e. The van der Waals surface area contributed by atoms with E-state index < -0.39 is 17.0 Å². The van der Waals surface area contributed by atoms with Crippen molar-refractivity contribution >= 4 is 11.8 Å². The third kappa shape index (κ3) is 1.76. The first-order valence-electron chi connectivity index (χ1n) is 6.47. The van der Waals surface area contributed by atoms with Crippen molar-refractivity contribution in [3.05, 3.63) is 35.4 Å². The molecule has 3 aliphatic carbocycles. The summed E-state index contributed by atoms with van der Waals surface area (Å²) in [6.07, 6.45) is 2.08. The molecule has 3 aliphatic rings. The topological polar surface area (TPSA) is 43.4 Å². The summed E-state index contributed by atoms with van der Waals surface area (Å²) in [7, 11) is 1.36. The summed E-state index contributed by atoms with van der Waals surface area (Å²) in [6, 6.07) is 2.97. The Morgan fingerprint density at radius 1 is 1.25 bits per heavy atom. The van der Waals surface area contributed by atoms with Crippen LogP contribution in [0.25, 0.3) is 0 Å². The highest BCUT2D eigenvalue weighted by atomic mass is 19.1. The summed E-state index contributed by atoms with van der Waals surface area (Å²) in [5, 5.41) is 0. The summed E-state index contributed by atoms with van der Waals surface area (Å²) in [5.41, 5.74) is -0.675. The molecule has 0 N–H and O–H groups in total. The number of benzene rings is 1. The second-order valence-corrected chi connectivity index (χ2v) is 6.03. The first-order valence-corrected chi connectivity index (χ1v) is 6.47. The highest BCUT2D eigenvalue weighted by molar-refractivity contribution is 5.97. The minimum atomic E-state index is -0.829. The minimum absolute atomic E-state index is 0.0803. The summed E-state index contributed by atoms with van der Waals surface area (Å²) >= 11 is 0. The molecule has 3 nitrogen and oxygen atoms in total. The fourth-order valence-corrected chi connectivity index (χ4v) is 3.77. The number of methoxy groups -OCH3 is 1. The van der Waals surface area contributed by atoms with Gasteiger partial charge in [0.1, 0.15) is 11.6 Å². The van der Waals surface area contributed by atoms with E-state index in [-0.39, 0.29) is 29.2 Å². The maximum atomic E-state index is 13.5. The van der Waals surface area contributed by atoms with Gasteiger partial charge in [-0.1, -0.05) is 0 Å². The van der Waals surface area contributed by atoms with E-state index in [1.54, 1.807) is 0 Å². The van der Waals surface area contributed by atoms with Crippen LogP contribution in [-0.2, 0) is 9.53 Å². The summed E-state index contributed by atoms with van der Waals surface area (Å²) in [5.74, 6) is -2.08. The standard InChI is InChI=1S/C15H14F2O3/c1-20-13(19)15-6-14(7-15,8-15)5-12(18)10-3-2-9(16)4-11(10)17/h2-4H,5-8H2,1H3. The van der Waals surface area contributed by atoms with E-state index in [1.165, 1.54) is 13.2 Å². The molecular formula is C15H14F2O3. The second kappa shape index (κ2) is 4.11. The number of esters is 1. The number of rotatable bonds is 4. The average molecular weight is 280 g/mol. The van der Waals surface area contributed by atoms with Gasteiger partial charge in [-0.25, -0.2) is 8.78 Å². The lowest BCUT2D eigenvalue weighted by atomic mass is 9.34. The molecule has 2 bridgehead atoms. The van der Waals surface area contributed by atoms with Crippen LogP contribution in [0.3, 0.4) is 0 Å². The Labute approximate surface area is 114 Å². The lowest BCUT2D eigenvalue weighted by molar-refractivity contribution is -0.223. The van der Waals surface area contributed by atoms with Crippen molar-refractivity contribution in [2.75, 3.05) is 7.11 Å². The average Bonchev–Trinajstić information content (AvgIpc) is 2.30. The van der Waals surface area contributed by atoms with Crippen molar-refractivity contribution in [3.63, 3.8) is 0 Å². The van der Waals surface area contributed by atoms with E-state index >= 15 is 0 Å². The molecule has 20 heavy (non-hydrogen) atoms. The van der Waals surface area contributed by atoms with E-state index in [1.807, 2.05) is 0 Å². The van der Waals surface area contributed by atoms with Gasteiger partial charge in [0.2, 0.25) is 0 Å². The Kier molecular flexibility index (Phi) is 2.71. The molecule has 0 aromatic heterocycles. The van der Waals surface area contributed by atoms with Crippen LogP contribution in [0.1, 0.15) is 36.0 Å². The molecule has 0 radical (unpaired) electrons. The fraction of sp³-hybridized carbons (Fsp3) is 0.467. The van der Waals surface area contributed by atoms with Crippen LogP contribution in [0.4, 0.5) is 8.78 Å². The lowest BCUT2D eigenvalue weighted by Gasteiger charge is -2.68. The Bertz CT molecular complexity index is 589. The largest absolute Gasteiger partial charge is 0.469 e. The fourth-order valence-electron chi connectivity index (χ4n) is 3.77. The second-order valence-electron chi connectivity index (χ2n) is 6.03. The molecule has 0 spiro atoms. The number of halogens is 2. The zero-order valence-electron chi connectivity index (χ0n) is 11.0. The van der Waals surface area contributed by atoms with Crippen LogP contribution in [0.5, 0.6) is 0 Å². The number of ether oxygens (including phenoxy) is 1. The van der Waals surface area contributed by atoms with Crippen LogP contribution < -0.4 is 0 Å². The molecule has 1 aromatic rings. The van der Waals surface area contributed by atoms with Crippen LogP contribution >= 0.6 is 0 Å². The van der Waals surface area contributed by atoms with Gasteiger partial charge in [-0.3, -0.25) is 9.59 Å². The first kappa shape index (κ1) is 13.2. The van der Waals surface area contributed by atoms with Crippen LogP contribution in [0, 0.1) is 22.5 Å². The van der Waals surface area contributed by atoms with Gasteiger partial charge in [-0.15, -0.1) is 0 Å². The van der Waals surface area contributed by atoms with E-state index in [2.05, 4.69) is 0 Å². The minimum Gasteiger partial charge on any atom is -0.469 e. The number of ketones is 1. The van der Waals surface area contributed by atoms with E-state index in [9.17, 15) is 18.4 Å². The molecule has 0 unspecified atom stereocenters. The zero-order chi connectivity index (χ0) is 14.5. The number of carbonyl (C=O) groups excluding carboxylic acids is 2. The van der Waals surface area contributed by atoms with Crippen LogP contribution in [-0.4, -0.2) is 18.9 Å². The van der Waals surface area contributed by atoms with E-state index in [0.717, 1.165) is 6.07 Å². The lowest BCUT2D eigenvalue weighted by Crippen LogP contribution is -2.66. The van der Waals surface area contributed by atoms with Gasteiger partial charge in [-0.2, -0.15) is 0 Å². The smallest absolute Gasteiger partial charge is 0.311 e. The van der Waals surface area contributed by atoms with E-state index in [0.29, 0.717) is 25.3 Å². The van der Waals surface area contributed by atoms with Gasteiger partial charge in [0.05, 0.1) is 18.1 Å². The van der Waals surface area contributed by atoms with Gasteiger partial charge >= 0.3 is 5.97 Å². The van der Waals surface area contributed by atoms with E-state index in [4.69, 9.17) is 4.74 Å². The molecule has 0 aliphatic heterocycles. The molecule has 1 aromatic carbocycles. The van der Waals surface area contributed by atoms with Crippen molar-refractivity contribution in [2.45, 2.75) is 25.7 Å². The number of hydrogen-bond donors (Lipinski definition) is 0. The molecule has 0 saturated heterocycles. The monoisotopic (exact) mass is 280 g/mol. The molecule has 0 heterocycles. The van der Waals surface area contributed by atoms with Crippen LogP contribution in [0.15, 0.2) is 18.2 Å². The Hall–Kier alpha value is -1.78. The van der Waals surface area contributed by atoms with Crippen molar-refractivity contribution in [3.8, 4) is 0 Å². The predicted molar refractivity (Wildman–Crippen MR) is 66.0 cm³/mol. The SMILES string of the molecule is COC(=O)C12CC(CC(=O)c3ccc(F)cc3F)(C1)C2. The van der Waals surface area contributed by atoms with Crippen molar-refractivity contribution < 1.29 is 23.1 Å². The van der Waals surface area contributed by atoms with Gasteiger partial charge in [0, 0.05) is 12.5 Å². The summed E-state index contributed by atoms with van der Waals surface area (Å²) in [6.45, 7) is 0. The third-order valence-corrected chi connectivity index (χ3v) is 4.53. The Morgan fingerprint density at radius 2 is 1.90 bits per heavy atom. The Balaban J connectivity index is 1.67. The number of Topliss-reactive ketones (excluding diaryl/α,β-unsaturated/α-hetero) is 1. The quantitative estimate of drug-likeness (QED) is 0.629. The van der Waals surface area contributed by atoms with Crippen LogP contribution in [0.2, 0.25) is 0 Å². The predicted octanol–water partition coefficient (Wildman–Crippen LogP) is 2.88. The number of carbonyl (C=O) groups is 2. The molecule has 3 fully saturated rings. The number of hydrogen-bond acceptors (Lipinski definition) is 3. The van der Waals surface area contributed by atoms with Gasteiger partial charge in [-0.05, 0) is 36.8 Å². The van der Waals surface area contributed by atoms with Gasteiger partial charge in [0.15, 0.2) is 5.78 Å². The summed E-state index contributed by atoms with van der Waals surface area (Å²) in [4.78, 5) is 23.6. The van der Waals surface area contributed by atoms with Crippen molar-refractivity contribution in [1.29, 1.82) is 0 Å². The Morgan fingerprint density at radius 3 is 2.45 bits per heavy atom. The summed E-state index contributed by atoms with van der Waals surface area (Å²) < 4.78 is 31.1. The molecule has 4 rings (SSSR count).